The van der Waals surface area contributed by atoms with Crippen molar-refractivity contribution in [2.24, 2.45) is 5.73 Å². The number of ether oxygens (including phenoxy) is 2. The summed E-state index contributed by atoms with van der Waals surface area (Å²) < 4.78 is 11.1. The summed E-state index contributed by atoms with van der Waals surface area (Å²) in [5.41, 5.74) is 6.26. The number of aldehydes is 1. The first-order valence-corrected chi connectivity index (χ1v) is 8.34. The van der Waals surface area contributed by atoms with Crippen molar-refractivity contribution >= 4 is 29.5 Å². The van der Waals surface area contributed by atoms with Crippen LogP contribution in [0.5, 0.6) is 5.75 Å². The highest BCUT2D eigenvalue weighted by molar-refractivity contribution is 6.42. The molecular formula is C18H17Cl2NO3. The first-order chi connectivity index (χ1) is 11.5. The molecule has 0 aliphatic carbocycles. The van der Waals surface area contributed by atoms with E-state index in [1.54, 1.807) is 42.5 Å². The van der Waals surface area contributed by atoms with Crippen molar-refractivity contribution in [2.75, 3.05) is 13.2 Å². The summed E-state index contributed by atoms with van der Waals surface area (Å²) in [4.78, 5) is 11.7. The molecule has 126 valence electrons. The van der Waals surface area contributed by atoms with E-state index in [0.717, 1.165) is 18.8 Å². The first-order valence-electron chi connectivity index (χ1n) is 7.58. The van der Waals surface area contributed by atoms with Crippen molar-refractivity contribution in [3.8, 4) is 5.75 Å². The fourth-order valence-electron chi connectivity index (χ4n) is 2.66. The molecule has 4 nitrogen and oxygen atoms in total. The van der Waals surface area contributed by atoms with Crippen LogP contribution in [0, 0.1) is 0 Å². The Labute approximate surface area is 150 Å². The fraction of sp³-hybridized carbons (Fsp3) is 0.278. The number of benzene rings is 2. The number of hydrogen-bond donors (Lipinski definition) is 1. The van der Waals surface area contributed by atoms with Crippen molar-refractivity contribution in [1.82, 2.24) is 0 Å². The van der Waals surface area contributed by atoms with Gasteiger partial charge in [0.25, 0.3) is 0 Å². The molecule has 1 aliphatic heterocycles. The smallest absolute Gasteiger partial charge is 0.148 e. The van der Waals surface area contributed by atoms with Crippen LogP contribution in [0.25, 0.3) is 0 Å². The molecule has 0 bridgehead atoms. The van der Waals surface area contributed by atoms with E-state index in [0.29, 0.717) is 34.1 Å². The van der Waals surface area contributed by atoms with Gasteiger partial charge in [0.15, 0.2) is 0 Å². The van der Waals surface area contributed by atoms with Gasteiger partial charge >= 0.3 is 0 Å². The Morgan fingerprint density at radius 1 is 1.12 bits per heavy atom. The second-order valence-electron chi connectivity index (χ2n) is 5.74. The number of nitrogens with two attached hydrogens (primary N) is 1. The van der Waals surface area contributed by atoms with Crippen LogP contribution < -0.4 is 10.5 Å². The highest BCUT2D eigenvalue weighted by Crippen LogP contribution is 2.31. The van der Waals surface area contributed by atoms with Gasteiger partial charge in [-0.15, -0.1) is 0 Å². The topological polar surface area (TPSA) is 61.6 Å². The van der Waals surface area contributed by atoms with Crippen LogP contribution in [0.2, 0.25) is 10.0 Å². The molecule has 3 rings (SSSR count). The van der Waals surface area contributed by atoms with Gasteiger partial charge in [-0.1, -0.05) is 41.4 Å². The van der Waals surface area contributed by atoms with E-state index in [2.05, 4.69) is 0 Å². The molecular weight excluding hydrogens is 349 g/mol. The zero-order valence-corrected chi connectivity index (χ0v) is 14.4. The summed E-state index contributed by atoms with van der Waals surface area (Å²) in [5, 5.41) is 0.767. The van der Waals surface area contributed by atoms with Crippen molar-refractivity contribution < 1.29 is 14.3 Å². The van der Waals surface area contributed by atoms with Crippen LogP contribution in [-0.2, 0) is 15.1 Å². The predicted molar refractivity (Wildman–Crippen MR) is 93.8 cm³/mol. The van der Waals surface area contributed by atoms with Crippen LogP contribution in [0.15, 0.2) is 42.5 Å². The minimum Gasteiger partial charge on any atom is -0.488 e. The summed E-state index contributed by atoms with van der Waals surface area (Å²) in [6.45, 7) is 1.32. The molecule has 2 atom stereocenters. The van der Waals surface area contributed by atoms with Gasteiger partial charge in [0.05, 0.1) is 23.3 Å². The Bertz CT molecular complexity index is 730. The van der Waals surface area contributed by atoms with Gasteiger partial charge in [-0.05, 0) is 35.4 Å². The van der Waals surface area contributed by atoms with E-state index in [9.17, 15) is 4.79 Å². The monoisotopic (exact) mass is 365 g/mol. The molecule has 2 aromatic carbocycles. The third kappa shape index (κ3) is 3.42. The minimum atomic E-state index is -1.30. The molecule has 0 saturated carbocycles. The zero-order valence-electron chi connectivity index (χ0n) is 12.9. The fourth-order valence-corrected chi connectivity index (χ4v) is 2.96. The first kappa shape index (κ1) is 17.2. The van der Waals surface area contributed by atoms with Gasteiger partial charge in [-0.25, -0.2) is 0 Å². The molecule has 0 spiro atoms. The van der Waals surface area contributed by atoms with Crippen LogP contribution in [0.3, 0.4) is 0 Å². The van der Waals surface area contributed by atoms with Gasteiger partial charge in [0, 0.05) is 6.42 Å². The number of carbonyl (C=O) groups is 1. The highest BCUT2D eigenvalue weighted by Gasteiger charge is 2.30. The van der Waals surface area contributed by atoms with Gasteiger partial charge in [-0.3, -0.25) is 0 Å². The molecule has 1 saturated heterocycles. The van der Waals surface area contributed by atoms with Crippen LogP contribution in [-0.4, -0.2) is 25.6 Å². The molecule has 2 unspecified atom stereocenters. The van der Waals surface area contributed by atoms with E-state index in [4.69, 9.17) is 38.4 Å². The molecule has 1 fully saturated rings. The largest absolute Gasteiger partial charge is 0.488 e. The highest BCUT2D eigenvalue weighted by atomic mass is 35.5. The molecule has 1 heterocycles. The van der Waals surface area contributed by atoms with E-state index >= 15 is 0 Å². The lowest BCUT2D eigenvalue weighted by Crippen LogP contribution is -2.39. The maximum atomic E-state index is 11.7. The van der Waals surface area contributed by atoms with Crippen LogP contribution in [0.4, 0.5) is 0 Å². The van der Waals surface area contributed by atoms with E-state index in [1.165, 1.54) is 0 Å². The second kappa shape index (κ2) is 7.11. The molecule has 0 radical (unpaired) electrons. The Kier molecular flexibility index (Phi) is 5.11. The molecule has 1 aliphatic rings. The average Bonchev–Trinajstić information content (AvgIpc) is 3.10. The Morgan fingerprint density at radius 3 is 2.42 bits per heavy atom. The standard InChI is InChI=1S/C18H17Cl2NO3/c19-16-6-3-13(9-17(16)20)18(21,11-22)12-1-4-14(5-2-12)24-15-7-8-23-10-15/h1-6,9,11,15H,7-8,10,21H2. The van der Waals surface area contributed by atoms with E-state index in [1.807, 2.05) is 0 Å². The van der Waals surface area contributed by atoms with Gasteiger partial charge in [0.2, 0.25) is 0 Å². The van der Waals surface area contributed by atoms with Crippen LogP contribution >= 0.6 is 23.2 Å². The van der Waals surface area contributed by atoms with Gasteiger partial charge < -0.3 is 20.0 Å². The third-order valence-corrected chi connectivity index (χ3v) is 4.84. The second-order valence-corrected chi connectivity index (χ2v) is 6.56. The summed E-state index contributed by atoms with van der Waals surface area (Å²) >= 11 is 12.0. The van der Waals surface area contributed by atoms with Crippen LogP contribution in [0.1, 0.15) is 17.5 Å². The molecule has 2 N–H and O–H groups in total. The molecule has 6 heteroatoms. The lowest BCUT2D eigenvalue weighted by Gasteiger charge is -2.25. The van der Waals surface area contributed by atoms with Crippen molar-refractivity contribution in [1.29, 1.82) is 0 Å². The Morgan fingerprint density at radius 2 is 1.83 bits per heavy atom. The normalized spacial score (nSPS) is 19.7. The van der Waals surface area contributed by atoms with E-state index < -0.39 is 5.54 Å². The predicted octanol–water partition coefficient (Wildman–Crippen LogP) is 3.56. The third-order valence-electron chi connectivity index (χ3n) is 4.11. The quantitative estimate of drug-likeness (QED) is 0.822. The summed E-state index contributed by atoms with van der Waals surface area (Å²) in [6, 6.07) is 12.1. The van der Waals surface area contributed by atoms with Crippen molar-refractivity contribution in [3.05, 3.63) is 63.6 Å². The Hall–Kier alpha value is -1.59. The SMILES string of the molecule is NC(C=O)(c1ccc(OC2CCOC2)cc1)c1ccc(Cl)c(Cl)c1. The molecule has 24 heavy (non-hydrogen) atoms. The summed E-state index contributed by atoms with van der Waals surface area (Å²) in [5.74, 6) is 0.719. The number of hydrogen-bond acceptors (Lipinski definition) is 4. The number of rotatable bonds is 5. The van der Waals surface area contributed by atoms with E-state index in [-0.39, 0.29) is 6.10 Å². The average molecular weight is 366 g/mol. The maximum absolute atomic E-state index is 11.7. The minimum absolute atomic E-state index is 0.0691. The Balaban J connectivity index is 1.86. The number of halogens is 2. The van der Waals surface area contributed by atoms with Gasteiger partial charge in [0.1, 0.15) is 23.7 Å². The summed E-state index contributed by atoms with van der Waals surface area (Å²) in [6.07, 6.45) is 1.65. The van der Waals surface area contributed by atoms with Crippen molar-refractivity contribution in [3.63, 3.8) is 0 Å². The zero-order chi connectivity index (χ0) is 17.2. The maximum Gasteiger partial charge on any atom is 0.148 e. The number of carbonyl (C=O) groups excluding carboxylic acids is 1. The lowest BCUT2D eigenvalue weighted by molar-refractivity contribution is -0.111. The van der Waals surface area contributed by atoms with Gasteiger partial charge in [-0.2, -0.15) is 0 Å². The van der Waals surface area contributed by atoms with Crippen molar-refractivity contribution in [2.45, 2.75) is 18.1 Å². The lowest BCUT2D eigenvalue weighted by atomic mass is 9.85. The summed E-state index contributed by atoms with van der Waals surface area (Å²) in [7, 11) is 0. The molecule has 0 aromatic heterocycles. The molecule has 2 aromatic rings. The molecule has 0 amide bonds.